The quantitative estimate of drug-likeness (QED) is 0.716. The van der Waals surface area contributed by atoms with Crippen molar-refractivity contribution in [3.63, 3.8) is 0 Å². The fraction of sp³-hybridized carbons (Fsp3) is 1.00. The van der Waals surface area contributed by atoms with Gasteiger partial charge in [-0.15, -0.1) is 12.4 Å². The van der Waals surface area contributed by atoms with Crippen LogP contribution in [0, 0.1) is 5.92 Å². The van der Waals surface area contributed by atoms with Gasteiger partial charge in [0.2, 0.25) is 0 Å². The minimum atomic E-state index is -2.42. The zero-order chi connectivity index (χ0) is 7.90. The summed E-state index contributed by atoms with van der Waals surface area (Å²) in [6.07, 6.45) is 3.02. The van der Waals surface area contributed by atoms with E-state index in [0.29, 0.717) is 6.42 Å². The maximum absolute atomic E-state index is 13.3. The molecule has 12 heavy (non-hydrogen) atoms. The average Bonchev–Trinajstić information content (AvgIpc) is 2.66. The average molecular weight is 198 g/mol. The lowest BCUT2D eigenvalue weighted by molar-refractivity contribution is -0.0527. The van der Waals surface area contributed by atoms with Gasteiger partial charge in [-0.25, -0.2) is 8.78 Å². The van der Waals surface area contributed by atoms with Crippen LogP contribution in [0.1, 0.15) is 25.7 Å². The lowest BCUT2D eigenvalue weighted by atomic mass is 10.0. The van der Waals surface area contributed by atoms with Crippen LogP contribution < -0.4 is 5.32 Å². The number of hydrogen-bond acceptors (Lipinski definition) is 1. The number of alkyl halides is 2. The molecule has 1 heterocycles. The van der Waals surface area contributed by atoms with Crippen molar-refractivity contribution in [3.8, 4) is 0 Å². The summed E-state index contributed by atoms with van der Waals surface area (Å²) in [6, 6.07) is -0.519. The molecule has 0 aromatic heterocycles. The van der Waals surface area contributed by atoms with E-state index >= 15 is 0 Å². The van der Waals surface area contributed by atoms with Crippen LogP contribution in [-0.4, -0.2) is 18.5 Å². The Morgan fingerprint density at radius 1 is 1.17 bits per heavy atom. The maximum atomic E-state index is 13.3. The third-order valence-corrected chi connectivity index (χ3v) is 2.65. The standard InChI is InChI=1S/C8H13F2N.ClH/c9-8(10,6-3-4-6)7-2-1-5-11-7;/h6-7,11H,1-5H2;1H. The van der Waals surface area contributed by atoms with Gasteiger partial charge < -0.3 is 5.32 Å². The van der Waals surface area contributed by atoms with Crippen LogP contribution in [0.25, 0.3) is 0 Å². The molecular weight excluding hydrogens is 184 g/mol. The fourth-order valence-electron chi connectivity index (χ4n) is 1.77. The van der Waals surface area contributed by atoms with Gasteiger partial charge in [-0.05, 0) is 32.2 Å². The molecule has 4 heteroatoms. The lowest BCUT2D eigenvalue weighted by Gasteiger charge is -2.22. The van der Waals surface area contributed by atoms with Crippen molar-refractivity contribution in [2.45, 2.75) is 37.6 Å². The van der Waals surface area contributed by atoms with Crippen molar-refractivity contribution >= 4 is 12.4 Å². The van der Waals surface area contributed by atoms with Gasteiger partial charge in [0.15, 0.2) is 0 Å². The Morgan fingerprint density at radius 3 is 2.25 bits per heavy atom. The van der Waals surface area contributed by atoms with E-state index in [1.165, 1.54) is 0 Å². The molecule has 2 aliphatic rings. The molecule has 0 amide bonds. The second-order valence-electron chi connectivity index (χ2n) is 3.60. The van der Waals surface area contributed by atoms with Gasteiger partial charge >= 0.3 is 0 Å². The van der Waals surface area contributed by atoms with E-state index in [0.717, 1.165) is 25.8 Å². The van der Waals surface area contributed by atoms with Crippen molar-refractivity contribution in [2.75, 3.05) is 6.54 Å². The predicted octanol–water partition coefficient (Wildman–Crippen LogP) is 2.21. The van der Waals surface area contributed by atoms with Gasteiger partial charge in [-0.2, -0.15) is 0 Å². The minimum Gasteiger partial charge on any atom is -0.309 e. The summed E-state index contributed by atoms with van der Waals surface area (Å²) in [5, 5.41) is 2.87. The first-order chi connectivity index (χ1) is 5.21. The molecule has 2 rings (SSSR count). The number of rotatable bonds is 2. The summed E-state index contributed by atoms with van der Waals surface area (Å²) in [5.74, 6) is -2.73. The van der Waals surface area contributed by atoms with E-state index in [-0.39, 0.29) is 18.3 Å². The second kappa shape index (κ2) is 3.46. The molecular formula is C8H14ClF2N. The smallest absolute Gasteiger partial charge is 0.265 e. The fourth-order valence-corrected chi connectivity index (χ4v) is 1.77. The SMILES string of the molecule is Cl.FC(F)(C1CC1)C1CCCN1. The van der Waals surface area contributed by atoms with Crippen molar-refractivity contribution in [1.82, 2.24) is 5.32 Å². The van der Waals surface area contributed by atoms with Gasteiger partial charge in [0.05, 0.1) is 6.04 Å². The van der Waals surface area contributed by atoms with E-state index in [9.17, 15) is 8.78 Å². The van der Waals surface area contributed by atoms with Crippen LogP contribution >= 0.6 is 12.4 Å². The molecule has 1 unspecified atom stereocenters. The van der Waals surface area contributed by atoms with Crippen LogP contribution in [0.15, 0.2) is 0 Å². The summed E-state index contributed by atoms with van der Waals surface area (Å²) in [7, 11) is 0. The molecule has 1 atom stereocenters. The Hall–Kier alpha value is 0.110. The largest absolute Gasteiger partial charge is 0.309 e. The molecule has 72 valence electrons. The Kier molecular flexibility index (Phi) is 2.94. The molecule has 1 saturated heterocycles. The Balaban J connectivity index is 0.000000720. The zero-order valence-electron chi connectivity index (χ0n) is 6.85. The van der Waals surface area contributed by atoms with Crippen molar-refractivity contribution < 1.29 is 8.78 Å². The molecule has 0 spiro atoms. The van der Waals surface area contributed by atoms with Crippen LogP contribution in [0.2, 0.25) is 0 Å². The molecule has 0 radical (unpaired) electrons. The highest BCUT2D eigenvalue weighted by atomic mass is 35.5. The first-order valence-electron chi connectivity index (χ1n) is 4.32. The Labute approximate surface area is 77.3 Å². The van der Waals surface area contributed by atoms with E-state index in [2.05, 4.69) is 5.32 Å². The summed E-state index contributed by atoms with van der Waals surface area (Å²) in [5.41, 5.74) is 0. The van der Waals surface area contributed by atoms with Crippen molar-refractivity contribution in [2.24, 2.45) is 5.92 Å². The highest BCUT2D eigenvalue weighted by Gasteiger charge is 2.52. The molecule has 1 N–H and O–H groups in total. The summed E-state index contributed by atoms with van der Waals surface area (Å²) in [4.78, 5) is 0. The highest BCUT2D eigenvalue weighted by Crippen LogP contribution is 2.46. The molecule has 0 bridgehead atoms. The normalized spacial score (nSPS) is 30.0. The van der Waals surface area contributed by atoms with Crippen molar-refractivity contribution in [1.29, 1.82) is 0 Å². The molecule has 0 aromatic rings. The summed E-state index contributed by atoms with van der Waals surface area (Å²) < 4.78 is 26.5. The molecule has 2 fully saturated rings. The molecule has 1 nitrogen and oxygen atoms in total. The third-order valence-electron chi connectivity index (χ3n) is 2.65. The van der Waals surface area contributed by atoms with Gasteiger partial charge in [-0.1, -0.05) is 0 Å². The Bertz CT molecular complexity index is 153. The summed E-state index contributed by atoms with van der Waals surface area (Å²) in [6.45, 7) is 0.771. The highest BCUT2D eigenvalue weighted by molar-refractivity contribution is 5.85. The number of hydrogen-bond donors (Lipinski definition) is 1. The van der Waals surface area contributed by atoms with Gasteiger partial charge in [0.25, 0.3) is 5.92 Å². The first kappa shape index (κ1) is 10.2. The monoisotopic (exact) mass is 197 g/mol. The molecule has 1 aliphatic carbocycles. The van der Waals surface area contributed by atoms with E-state index in [1.54, 1.807) is 0 Å². The van der Waals surface area contributed by atoms with Gasteiger partial charge in [0, 0.05) is 5.92 Å². The topological polar surface area (TPSA) is 12.0 Å². The van der Waals surface area contributed by atoms with E-state index < -0.39 is 12.0 Å². The van der Waals surface area contributed by atoms with Crippen LogP contribution in [0.3, 0.4) is 0 Å². The van der Waals surface area contributed by atoms with E-state index in [4.69, 9.17) is 0 Å². The second-order valence-corrected chi connectivity index (χ2v) is 3.60. The van der Waals surface area contributed by atoms with Crippen LogP contribution in [-0.2, 0) is 0 Å². The Morgan fingerprint density at radius 2 is 1.83 bits per heavy atom. The first-order valence-corrected chi connectivity index (χ1v) is 4.32. The predicted molar refractivity (Wildman–Crippen MR) is 45.9 cm³/mol. The maximum Gasteiger partial charge on any atom is 0.265 e. The van der Waals surface area contributed by atoms with Crippen LogP contribution in [0.5, 0.6) is 0 Å². The van der Waals surface area contributed by atoms with Crippen LogP contribution in [0.4, 0.5) is 8.78 Å². The minimum absolute atomic E-state index is 0. The van der Waals surface area contributed by atoms with Gasteiger partial charge in [0.1, 0.15) is 0 Å². The molecule has 1 aliphatic heterocycles. The van der Waals surface area contributed by atoms with Gasteiger partial charge in [-0.3, -0.25) is 0 Å². The zero-order valence-corrected chi connectivity index (χ0v) is 7.67. The summed E-state index contributed by atoms with van der Waals surface area (Å²) >= 11 is 0. The molecule has 1 saturated carbocycles. The third kappa shape index (κ3) is 1.72. The number of nitrogens with one attached hydrogen (secondary N) is 1. The van der Waals surface area contributed by atoms with Crippen molar-refractivity contribution in [3.05, 3.63) is 0 Å². The molecule has 0 aromatic carbocycles. The van der Waals surface area contributed by atoms with E-state index in [1.807, 2.05) is 0 Å². The lowest BCUT2D eigenvalue weighted by Crippen LogP contribution is -2.42. The number of halogens is 3.